The van der Waals surface area contributed by atoms with Crippen molar-refractivity contribution in [3.8, 4) is 0 Å². The van der Waals surface area contributed by atoms with E-state index in [-0.39, 0.29) is 5.54 Å². The summed E-state index contributed by atoms with van der Waals surface area (Å²) in [7, 11) is 0. The van der Waals surface area contributed by atoms with Crippen LogP contribution in [0.5, 0.6) is 0 Å². The number of nitrogens with two attached hydrogens (primary N) is 1. The first-order valence-corrected chi connectivity index (χ1v) is 3.50. The zero-order valence-corrected chi connectivity index (χ0v) is 6.91. The lowest BCUT2D eigenvalue weighted by Crippen LogP contribution is -2.27. The van der Waals surface area contributed by atoms with Gasteiger partial charge in [-0.2, -0.15) is 5.10 Å². The minimum absolute atomic E-state index is 0.318. The van der Waals surface area contributed by atoms with E-state index in [1.807, 2.05) is 20.0 Å². The van der Waals surface area contributed by atoms with Crippen molar-refractivity contribution in [2.45, 2.75) is 19.4 Å². The molecule has 0 atom stereocenters. The number of nitrogens with zero attached hydrogens (tertiary/aromatic N) is 2. The standard InChI is InChI=1S/C8H13N3/c1-4-11-6-7(5-10-11)8(2,3)9/h4-6H,1,9H2,2-3H3. The summed E-state index contributed by atoms with van der Waals surface area (Å²) in [5.41, 5.74) is 6.53. The number of hydrogen-bond donors (Lipinski definition) is 1. The molecule has 3 heteroatoms. The van der Waals surface area contributed by atoms with Gasteiger partial charge in [-0.25, -0.2) is 4.68 Å². The molecule has 1 heterocycles. The smallest absolute Gasteiger partial charge is 0.0544 e. The lowest BCUT2D eigenvalue weighted by atomic mass is 10.00. The van der Waals surface area contributed by atoms with Gasteiger partial charge >= 0.3 is 0 Å². The number of aromatic nitrogens is 2. The van der Waals surface area contributed by atoms with Crippen LogP contribution >= 0.6 is 0 Å². The summed E-state index contributed by atoms with van der Waals surface area (Å²) in [6.07, 6.45) is 5.25. The zero-order valence-electron chi connectivity index (χ0n) is 6.91. The van der Waals surface area contributed by atoms with Crippen LogP contribution in [0.2, 0.25) is 0 Å². The number of hydrogen-bond acceptors (Lipinski definition) is 2. The Morgan fingerprint density at radius 2 is 2.36 bits per heavy atom. The van der Waals surface area contributed by atoms with Gasteiger partial charge in [0.1, 0.15) is 0 Å². The second-order valence-electron chi connectivity index (χ2n) is 3.11. The summed E-state index contributed by atoms with van der Waals surface area (Å²) in [6, 6.07) is 0. The summed E-state index contributed by atoms with van der Waals surface area (Å²) >= 11 is 0. The molecule has 2 N–H and O–H groups in total. The highest BCUT2D eigenvalue weighted by molar-refractivity contribution is 5.21. The third-order valence-electron chi connectivity index (χ3n) is 1.53. The highest BCUT2D eigenvalue weighted by Gasteiger charge is 2.15. The average molecular weight is 151 g/mol. The first-order chi connectivity index (χ1) is 5.04. The maximum atomic E-state index is 5.84. The van der Waals surface area contributed by atoms with E-state index in [2.05, 4.69) is 11.7 Å². The maximum absolute atomic E-state index is 5.84. The molecule has 11 heavy (non-hydrogen) atoms. The first-order valence-electron chi connectivity index (χ1n) is 3.50. The molecule has 0 amide bonds. The monoisotopic (exact) mass is 151 g/mol. The van der Waals surface area contributed by atoms with Crippen LogP contribution in [0.3, 0.4) is 0 Å². The fourth-order valence-corrected chi connectivity index (χ4v) is 0.771. The molecule has 0 spiro atoms. The molecule has 0 aliphatic rings. The van der Waals surface area contributed by atoms with Gasteiger partial charge in [0.2, 0.25) is 0 Å². The normalized spacial score (nSPS) is 11.5. The Hall–Kier alpha value is -1.09. The predicted molar refractivity (Wildman–Crippen MR) is 45.8 cm³/mol. The van der Waals surface area contributed by atoms with Gasteiger partial charge in [-0.05, 0) is 13.8 Å². The van der Waals surface area contributed by atoms with Gasteiger partial charge in [0, 0.05) is 23.5 Å². The van der Waals surface area contributed by atoms with Gasteiger partial charge in [0.15, 0.2) is 0 Å². The third-order valence-corrected chi connectivity index (χ3v) is 1.53. The van der Waals surface area contributed by atoms with Crippen LogP contribution in [0.1, 0.15) is 19.4 Å². The molecule has 0 radical (unpaired) electrons. The van der Waals surface area contributed by atoms with Crippen molar-refractivity contribution in [1.29, 1.82) is 0 Å². The second kappa shape index (κ2) is 2.51. The van der Waals surface area contributed by atoms with Gasteiger partial charge in [0.05, 0.1) is 6.20 Å². The molecule has 0 aliphatic heterocycles. The molecule has 0 fully saturated rings. The van der Waals surface area contributed by atoms with E-state index in [0.717, 1.165) is 5.56 Å². The van der Waals surface area contributed by atoms with E-state index in [9.17, 15) is 0 Å². The Balaban J connectivity index is 2.98. The maximum Gasteiger partial charge on any atom is 0.0544 e. The Bertz CT molecular complexity index is 255. The molecule has 0 saturated carbocycles. The Morgan fingerprint density at radius 1 is 1.73 bits per heavy atom. The van der Waals surface area contributed by atoms with Gasteiger partial charge in [-0.1, -0.05) is 6.58 Å². The summed E-state index contributed by atoms with van der Waals surface area (Å²) in [4.78, 5) is 0. The van der Waals surface area contributed by atoms with Crippen LogP contribution in [0, 0.1) is 0 Å². The summed E-state index contributed by atoms with van der Waals surface area (Å²) < 4.78 is 1.64. The van der Waals surface area contributed by atoms with Crippen LogP contribution < -0.4 is 5.73 Å². The van der Waals surface area contributed by atoms with E-state index < -0.39 is 0 Å². The molecule has 1 aromatic rings. The summed E-state index contributed by atoms with van der Waals surface area (Å²) in [6.45, 7) is 7.47. The summed E-state index contributed by atoms with van der Waals surface area (Å²) in [5, 5.41) is 4.02. The Morgan fingerprint density at radius 3 is 2.64 bits per heavy atom. The quantitative estimate of drug-likeness (QED) is 0.689. The fraction of sp³-hybridized carbons (Fsp3) is 0.375. The SMILES string of the molecule is C=Cn1cc(C(C)(C)N)cn1. The van der Waals surface area contributed by atoms with E-state index in [0.29, 0.717) is 0 Å². The highest BCUT2D eigenvalue weighted by atomic mass is 15.2. The lowest BCUT2D eigenvalue weighted by molar-refractivity contribution is 0.554. The fourth-order valence-electron chi connectivity index (χ4n) is 0.771. The molecule has 0 saturated heterocycles. The molecule has 3 nitrogen and oxygen atoms in total. The summed E-state index contributed by atoms with van der Waals surface area (Å²) in [5.74, 6) is 0. The molecule has 1 aromatic heterocycles. The molecular formula is C8H13N3. The van der Waals surface area contributed by atoms with Crippen LogP contribution in [0.25, 0.3) is 6.20 Å². The van der Waals surface area contributed by atoms with Crippen molar-refractivity contribution < 1.29 is 0 Å². The minimum atomic E-state index is -0.318. The van der Waals surface area contributed by atoms with Gasteiger partial charge in [-0.3, -0.25) is 0 Å². The molecule has 1 rings (SSSR count). The van der Waals surface area contributed by atoms with E-state index >= 15 is 0 Å². The van der Waals surface area contributed by atoms with Gasteiger partial charge < -0.3 is 5.73 Å². The molecule has 0 bridgehead atoms. The molecule has 60 valence electrons. The lowest BCUT2D eigenvalue weighted by Gasteiger charge is -2.15. The van der Waals surface area contributed by atoms with Crippen LogP contribution in [-0.2, 0) is 5.54 Å². The topological polar surface area (TPSA) is 43.8 Å². The van der Waals surface area contributed by atoms with Crippen LogP contribution in [0.4, 0.5) is 0 Å². The van der Waals surface area contributed by atoms with Crippen LogP contribution in [-0.4, -0.2) is 9.78 Å². The Labute approximate surface area is 66.5 Å². The van der Waals surface area contributed by atoms with Crippen molar-refractivity contribution in [2.75, 3.05) is 0 Å². The zero-order chi connectivity index (χ0) is 8.48. The van der Waals surface area contributed by atoms with Crippen molar-refractivity contribution in [2.24, 2.45) is 5.73 Å². The molecule has 0 aliphatic carbocycles. The first kappa shape index (κ1) is 8.01. The largest absolute Gasteiger partial charge is 0.322 e. The van der Waals surface area contributed by atoms with E-state index in [4.69, 9.17) is 5.73 Å². The third kappa shape index (κ3) is 1.68. The van der Waals surface area contributed by atoms with Gasteiger partial charge in [-0.15, -0.1) is 0 Å². The van der Waals surface area contributed by atoms with Crippen molar-refractivity contribution >= 4 is 6.20 Å². The van der Waals surface area contributed by atoms with E-state index in [1.54, 1.807) is 17.1 Å². The molecular weight excluding hydrogens is 138 g/mol. The van der Waals surface area contributed by atoms with Crippen molar-refractivity contribution in [1.82, 2.24) is 9.78 Å². The van der Waals surface area contributed by atoms with Crippen molar-refractivity contribution in [3.05, 3.63) is 24.5 Å². The predicted octanol–water partition coefficient (Wildman–Crippen LogP) is 1.18. The molecule has 0 unspecified atom stereocenters. The Kier molecular flexibility index (Phi) is 1.83. The van der Waals surface area contributed by atoms with Gasteiger partial charge in [0.25, 0.3) is 0 Å². The van der Waals surface area contributed by atoms with Crippen molar-refractivity contribution in [3.63, 3.8) is 0 Å². The number of rotatable bonds is 2. The highest BCUT2D eigenvalue weighted by Crippen LogP contribution is 2.14. The average Bonchev–Trinajstić information content (AvgIpc) is 2.32. The van der Waals surface area contributed by atoms with Crippen LogP contribution in [0.15, 0.2) is 19.0 Å². The minimum Gasteiger partial charge on any atom is -0.322 e. The molecule has 0 aromatic carbocycles. The second-order valence-corrected chi connectivity index (χ2v) is 3.11. The van der Waals surface area contributed by atoms with E-state index in [1.165, 1.54) is 0 Å².